The number of rotatable bonds is 5. The Morgan fingerprint density at radius 3 is 2.39 bits per heavy atom. The van der Waals surface area contributed by atoms with Crippen molar-refractivity contribution >= 4 is 34.2 Å². The number of anilines is 1. The number of hydrogen-bond donors (Lipinski definition) is 0. The maximum atomic E-state index is 2.66. The lowest BCUT2D eigenvalue weighted by Crippen LogP contribution is -2.51. The first kappa shape index (κ1) is 23.4. The smallest absolute Gasteiger partial charge is 0.262 e. The number of fused-ring (bicyclic) bond motifs is 3. The third-order valence-corrected chi connectivity index (χ3v) is 9.49. The summed E-state index contributed by atoms with van der Waals surface area (Å²) >= 11 is 2.66. The molecule has 0 radical (unpaired) electrons. The van der Waals surface area contributed by atoms with Crippen LogP contribution in [0.15, 0.2) is 116 Å². The van der Waals surface area contributed by atoms with E-state index in [0.29, 0.717) is 12.0 Å². The minimum atomic E-state index is 0.270. The fraction of sp³-hybridized carbons (Fsp3) is 0.219. The molecule has 0 aliphatic carbocycles. The summed E-state index contributed by atoms with van der Waals surface area (Å²) in [4.78, 5) is 2.48. The van der Waals surface area contributed by atoms with E-state index in [9.17, 15) is 0 Å². The monoisotopic (exact) mass is 585 g/mol. The molecule has 0 fully saturated rings. The van der Waals surface area contributed by atoms with Gasteiger partial charge in [0.1, 0.15) is 11.9 Å². The predicted molar refractivity (Wildman–Crippen MR) is 158 cm³/mol. The molecule has 2 aliphatic heterocycles. The molecule has 0 N–H and O–H groups in total. The van der Waals surface area contributed by atoms with E-state index in [2.05, 4.69) is 162 Å². The average molecular weight is 586 g/mol. The first-order valence-corrected chi connectivity index (χ1v) is 13.8. The molecule has 0 saturated heterocycles. The van der Waals surface area contributed by atoms with Crippen molar-refractivity contribution in [3.05, 3.63) is 127 Å². The second-order valence-corrected chi connectivity index (χ2v) is 11.6. The maximum Gasteiger partial charge on any atom is 0.262 e. The molecule has 2 aliphatic rings. The molecule has 180 valence electrons. The Bertz CT molecular complexity index is 1420. The Labute approximate surface area is 228 Å². The Kier molecular flexibility index (Phi) is 6.18. The molecule has 6 rings (SSSR count). The fourth-order valence-corrected chi connectivity index (χ4v) is 7.41. The highest BCUT2D eigenvalue weighted by Gasteiger charge is 2.47. The molecular weight excluding hydrogens is 553 g/mol. The molecule has 0 bridgehead atoms. The van der Waals surface area contributed by atoms with Gasteiger partial charge < -0.3 is 0 Å². The van der Waals surface area contributed by atoms with Crippen molar-refractivity contribution in [3.63, 3.8) is 0 Å². The minimum absolute atomic E-state index is 0.270. The summed E-state index contributed by atoms with van der Waals surface area (Å²) in [6, 6.07) is 35.6. The number of pyridine rings is 1. The fourth-order valence-electron chi connectivity index (χ4n) is 6.18. The number of benzene rings is 3. The lowest BCUT2D eigenvalue weighted by molar-refractivity contribution is -0.718. The molecule has 0 saturated carbocycles. The van der Waals surface area contributed by atoms with E-state index in [1.165, 1.54) is 33.8 Å². The zero-order valence-corrected chi connectivity index (χ0v) is 23.0. The molecule has 36 heavy (non-hydrogen) atoms. The summed E-state index contributed by atoms with van der Waals surface area (Å²) in [6.07, 6.45) is 9.37. The van der Waals surface area contributed by atoms with Crippen molar-refractivity contribution in [3.8, 4) is 11.3 Å². The van der Waals surface area contributed by atoms with Crippen LogP contribution < -0.4 is 12.2 Å². The van der Waals surface area contributed by atoms with E-state index in [1.807, 2.05) is 0 Å². The molecule has 4 unspecified atom stereocenters. The van der Waals surface area contributed by atoms with Crippen molar-refractivity contribution in [2.24, 2.45) is 0 Å². The van der Waals surface area contributed by atoms with Crippen LogP contribution in [-0.4, -0.2) is 6.17 Å². The van der Waals surface area contributed by atoms with Gasteiger partial charge in [-0.3, -0.25) is 4.90 Å². The Balaban J connectivity index is 1.38. The van der Waals surface area contributed by atoms with Crippen LogP contribution in [-0.2, 0) is 0 Å². The molecular formula is C32H32IN3+2. The molecule has 4 atom stereocenters. The van der Waals surface area contributed by atoms with Gasteiger partial charge in [0.2, 0.25) is 5.69 Å². The van der Waals surface area contributed by atoms with E-state index < -0.39 is 0 Å². The van der Waals surface area contributed by atoms with Crippen LogP contribution in [0.1, 0.15) is 42.9 Å². The lowest BCUT2D eigenvalue weighted by Gasteiger charge is -2.37. The zero-order chi connectivity index (χ0) is 24.7. The summed E-state index contributed by atoms with van der Waals surface area (Å²) in [6.45, 7) is 4.64. The topological polar surface area (TPSA) is 7.12 Å². The number of hydrogen-bond acceptors (Lipinski definition) is 1. The van der Waals surface area contributed by atoms with Gasteiger partial charge in [-0.05, 0) is 36.8 Å². The number of nitrogens with zero attached hydrogens (tertiary/aromatic N) is 3. The molecule has 0 amide bonds. The van der Waals surface area contributed by atoms with Crippen molar-refractivity contribution in [2.75, 3.05) is 4.90 Å². The van der Waals surface area contributed by atoms with Crippen molar-refractivity contribution in [2.45, 2.75) is 44.8 Å². The van der Waals surface area contributed by atoms with Crippen LogP contribution in [0.5, 0.6) is 0 Å². The summed E-state index contributed by atoms with van der Waals surface area (Å²) in [5, 5.41) is 0. The largest absolute Gasteiger partial charge is 0.292 e. The molecule has 3 heterocycles. The zero-order valence-electron chi connectivity index (χ0n) is 20.8. The standard InChI is InChI=1S/C32H32IN3/c1-24-12-6-9-18-31(24)36(33)23-22-34(26-13-4-3-5-14-26)32(36)20-19-29-25(2)27-15-7-8-16-28(27)30-17-10-11-21-35(29)30/h3-18,21-23,25,29,32H,19-20H2,1-2H3/q+2. The van der Waals surface area contributed by atoms with Crippen LogP contribution in [0.25, 0.3) is 11.3 Å². The van der Waals surface area contributed by atoms with E-state index in [0.717, 1.165) is 15.5 Å². The molecule has 3 nitrogen and oxygen atoms in total. The highest BCUT2D eigenvalue weighted by atomic mass is 127. The minimum Gasteiger partial charge on any atom is -0.292 e. The number of aromatic nitrogens is 1. The van der Waals surface area contributed by atoms with Crippen LogP contribution in [0.3, 0.4) is 0 Å². The number of aryl methyl sites for hydroxylation is 1. The van der Waals surface area contributed by atoms with Gasteiger partial charge >= 0.3 is 0 Å². The normalized spacial score (nSPS) is 24.4. The van der Waals surface area contributed by atoms with Crippen LogP contribution >= 0.6 is 22.9 Å². The average Bonchev–Trinajstić information content (AvgIpc) is 3.26. The highest BCUT2D eigenvalue weighted by Crippen LogP contribution is 2.45. The Morgan fingerprint density at radius 1 is 0.833 bits per heavy atom. The van der Waals surface area contributed by atoms with Crippen LogP contribution in [0.2, 0.25) is 0 Å². The lowest BCUT2D eigenvalue weighted by atomic mass is 9.82. The number of para-hydroxylation sites is 2. The predicted octanol–water partition coefficient (Wildman–Crippen LogP) is 8.06. The van der Waals surface area contributed by atoms with Crippen molar-refractivity contribution < 1.29 is 4.57 Å². The second-order valence-electron chi connectivity index (χ2n) is 10.0. The van der Waals surface area contributed by atoms with E-state index in [1.54, 1.807) is 0 Å². The van der Waals surface area contributed by atoms with Gasteiger partial charge in [0.05, 0.1) is 6.20 Å². The van der Waals surface area contributed by atoms with Gasteiger partial charge in [0, 0.05) is 53.8 Å². The van der Waals surface area contributed by atoms with Gasteiger partial charge in [-0.15, -0.1) is 0 Å². The maximum absolute atomic E-state index is 2.66. The molecule has 1 aromatic heterocycles. The van der Waals surface area contributed by atoms with Crippen molar-refractivity contribution in [1.82, 2.24) is 2.70 Å². The van der Waals surface area contributed by atoms with Gasteiger partial charge in [0.25, 0.3) is 22.9 Å². The van der Waals surface area contributed by atoms with Crippen molar-refractivity contribution in [1.29, 1.82) is 0 Å². The highest BCUT2D eigenvalue weighted by molar-refractivity contribution is 14.1. The van der Waals surface area contributed by atoms with Gasteiger partial charge in [-0.25, -0.2) is 0 Å². The van der Waals surface area contributed by atoms with Gasteiger partial charge in [0.15, 0.2) is 18.4 Å². The first-order chi connectivity index (χ1) is 17.6. The summed E-state index contributed by atoms with van der Waals surface area (Å²) in [7, 11) is 0. The second kappa shape index (κ2) is 9.49. The molecule has 3 aromatic carbocycles. The van der Waals surface area contributed by atoms with Gasteiger partial charge in [-0.2, -0.15) is 7.26 Å². The molecule has 4 aromatic rings. The summed E-state index contributed by atoms with van der Waals surface area (Å²) in [5.41, 5.74) is 8.10. The Morgan fingerprint density at radius 2 is 1.56 bits per heavy atom. The van der Waals surface area contributed by atoms with E-state index >= 15 is 0 Å². The summed E-state index contributed by atoms with van der Waals surface area (Å²) < 4.78 is 3.28. The third-order valence-electron chi connectivity index (χ3n) is 8.01. The first-order valence-electron chi connectivity index (χ1n) is 12.8. The molecule has 4 heteroatoms. The SMILES string of the molecule is Cc1ccccc1[N+]1(I)C=CN(c2ccccc2)C1CCC1C(C)c2ccccc2-c2cccc[n+]21. The Hall–Kier alpha value is -2.96. The number of quaternary nitrogens is 1. The van der Waals surface area contributed by atoms with E-state index in [-0.39, 0.29) is 6.17 Å². The quantitative estimate of drug-likeness (QED) is 0.131. The van der Waals surface area contributed by atoms with Gasteiger partial charge in [-0.1, -0.05) is 61.5 Å². The number of halogens is 1. The molecule has 0 spiro atoms. The third kappa shape index (κ3) is 3.87. The van der Waals surface area contributed by atoms with E-state index in [4.69, 9.17) is 0 Å². The van der Waals surface area contributed by atoms with Crippen LogP contribution in [0.4, 0.5) is 11.4 Å². The van der Waals surface area contributed by atoms with Crippen LogP contribution in [0, 0.1) is 6.92 Å². The summed E-state index contributed by atoms with van der Waals surface area (Å²) in [5.74, 6) is 0.454.